The first kappa shape index (κ1) is 20.6. The first-order chi connectivity index (χ1) is 13.4. The molecule has 0 aromatic heterocycles. The molecule has 3 rings (SSSR count). The second-order valence-corrected chi connectivity index (χ2v) is 9.35. The highest BCUT2D eigenvalue weighted by Gasteiger charge is 2.36. The summed E-state index contributed by atoms with van der Waals surface area (Å²) in [5.41, 5.74) is 0.722. The molecule has 2 fully saturated rings. The molecule has 8 nitrogen and oxygen atoms in total. The Bertz CT molecular complexity index is 791. The van der Waals surface area contributed by atoms with Gasteiger partial charge in [0.25, 0.3) is 0 Å². The summed E-state index contributed by atoms with van der Waals surface area (Å²) in [4.78, 5) is 30.2. The number of nitrogens with zero attached hydrogens (tertiary/aromatic N) is 3. The van der Waals surface area contributed by atoms with Gasteiger partial charge in [-0.1, -0.05) is 18.2 Å². The maximum absolute atomic E-state index is 13.1. The van der Waals surface area contributed by atoms with E-state index < -0.39 is 9.84 Å². The molecular formula is C19H27N3O5S. The summed E-state index contributed by atoms with van der Waals surface area (Å²) >= 11 is 0. The summed E-state index contributed by atoms with van der Waals surface area (Å²) < 4.78 is 28.9. The van der Waals surface area contributed by atoms with E-state index in [0.29, 0.717) is 39.2 Å². The number of hydrogen-bond donors (Lipinski definition) is 0. The molecule has 0 aliphatic carbocycles. The van der Waals surface area contributed by atoms with Crippen LogP contribution in [-0.4, -0.2) is 87.1 Å². The minimum atomic E-state index is -3.10. The summed E-state index contributed by atoms with van der Waals surface area (Å²) in [7, 11) is -3.10. The molecule has 2 saturated heterocycles. The van der Waals surface area contributed by atoms with Crippen LogP contribution in [0.4, 0.5) is 10.5 Å². The molecule has 0 N–H and O–H groups in total. The van der Waals surface area contributed by atoms with Gasteiger partial charge in [-0.25, -0.2) is 13.2 Å². The molecule has 1 atom stereocenters. The zero-order valence-electron chi connectivity index (χ0n) is 16.1. The van der Waals surface area contributed by atoms with E-state index in [1.807, 2.05) is 35.2 Å². The molecule has 0 saturated carbocycles. The van der Waals surface area contributed by atoms with Crippen molar-refractivity contribution in [2.24, 2.45) is 0 Å². The molecule has 0 bridgehead atoms. The fraction of sp³-hybridized carbons (Fsp3) is 0.579. The van der Waals surface area contributed by atoms with E-state index in [-0.39, 0.29) is 36.1 Å². The maximum atomic E-state index is 13.1. The smallest absolute Gasteiger partial charge is 0.409 e. The van der Waals surface area contributed by atoms with Crippen molar-refractivity contribution in [3.8, 4) is 0 Å². The summed E-state index contributed by atoms with van der Waals surface area (Å²) in [6.45, 7) is 4.49. The van der Waals surface area contributed by atoms with E-state index in [1.54, 1.807) is 16.7 Å². The van der Waals surface area contributed by atoms with Gasteiger partial charge in [-0.15, -0.1) is 0 Å². The number of rotatable bonds is 5. The zero-order valence-corrected chi connectivity index (χ0v) is 16.9. The molecule has 154 valence electrons. The SMILES string of the molecule is CCOC(=O)N1CCN(CC(=O)N(c2ccccc2)[C@@H]2CCS(=O)(=O)C2)CC1. The summed E-state index contributed by atoms with van der Waals surface area (Å²) in [5.74, 6) is 0.00872. The first-order valence-electron chi connectivity index (χ1n) is 9.61. The second kappa shape index (κ2) is 8.91. The van der Waals surface area contributed by atoms with Gasteiger partial charge in [0.15, 0.2) is 9.84 Å². The number of sulfone groups is 1. The minimum Gasteiger partial charge on any atom is -0.450 e. The van der Waals surface area contributed by atoms with Gasteiger partial charge in [0.2, 0.25) is 5.91 Å². The molecule has 0 unspecified atom stereocenters. The lowest BCUT2D eigenvalue weighted by atomic mass is 10.1. The molecule has 0 radical (unpaired) electrons. The Morgan fingerprint density at radius 2 is 1.82 bits per heavy atom. The van der Waals surface area contributed by atoms with Gasteiger partial charge in [0.05, 0.1) is 30.7 Å². The fourth-order valence-corrected chi connectivity index (χ4v) is 5.40. The van der Waals surface area contributed by atoms with Crippen LogP contribution < -0.4 is 4.90 Å². The van der Waals surface area contributed by atoms with E-state index in [1.165, 1.54) is 0 Å². The molecule has 0 spiro atoms. The van der Waals surface area contributed by atoms with Crippen molar-refractivity contribution in [1.29, 1.82) is 0 Å². The Morgan fingerprint density at radius 3 is 2.39 bits per heavy atom. The minimum absolute atomic E-state index is 0.00424. The van der Waals surface area contributed by atoms with Gasteiger partial charge < -0.3 is 14.5 Å². The van der Waals surface area contributed by atoms with E-state index in [0.717, 1.165) is 5.69 Å². The highest BCUT2D eigenvalue weighted by atomic mass is 32.2. The lowest BCUT2D eigenvalue weighted by Crippen LogP contribution is -2.53. The van der Waals surface area contributed by atoms with Crippen LogP contribution in [0.2, 0.25) is 0 Å². The summed E-state index contributed by atoms with van der Waals surface area (Å²) in [5, 5.41) is 0. The van der Waals surface area contributed by atoms with Crippen molar-refractivity contribution in [1.82, 2.24) is 9.80 Å². The average Bonchev–Trinajstić information content (AvgIpc) is 3.03. The molecule has 2 aliphatic rings. The Morgan fingerprint density at radius 1 is 1.14 bits per heavy atom. The number of carbonyl (C=O) groups excluding carboxylic acids is 2. The topological polar surface area (TPSA) is 87.2 Å². The molecule has 1 aromatic carbocycles. The third-order valence-corrected chi connectivity index (χ3v) is 6.88. The molecule has 2 amide bonds. The van der Waals surface area contributed by atoms with Crippen molar-refractivity contribution >= 4 is 27.5 Å². The van der Waals surface area contributed by atoms with Crippen LogP contribution in [0.15, 0.2) is 30.3 Å². The molecule has 9 heteroatoms. The number of amides is 2. The monoisotopic (exact) mass is 409 g/mol. The van der Waals surface area contributed by atoms with Crippen LogP contribution in [0, 0.1) is 0 Å². The maximum Gasteiger partial charge on any atom is 0.409 e. The van der Waals surface area contributed by atoms with Crippen LogP contribution in [0.3, 0.4) is 0 Å². The van der Waals surface area contributed by atoms with Crippen LogP contribution >= 0.6 is 0 Å². The Labute approximate surface area is 166 Å². The van der Waals surface area contributed by atoms with Gasteiger partial charge in [-0.05, 0) is 25.5 Å². The van der Waals surface area contributed by atoms with Crippen molar-refractivity contribution in [3.63, 3.8) is 0 Å². The first-order valence-corrected chi connectivity index (χ1v) is 11.4. The number of carbonyl (C=O) groups is 2. The van der Waals surface area contributed by atoms with Gasteiger partial charge in [0, 0.05) is 31.9 Å². The average molecular weight is 410 g/mol. The van der Waals surface area contributed by atoms with Gasteiger partial charge >= 0.3 is 6.09 Å². The number of hydrogen-bond acceptors (Lipinski definition) is 6. The summed E-state index contributed by atoms with van der Waals surface area (Å²) in [6, 6.07) is 8.89. The number of para-hydroxylation sites is 1. The zero-order chi connectivity index (χ0) is 20.1. The molecule has 28 heavy (non-hydrogen) atoms. The lowest BCUT2D eigenvalue weighted by molar-refractivity contribution is -0.120. The number of ether oxygens (including phenoxy) is 1. The van der Waals surface area contributed by atoms with Crippen LogP contribution in [0.5, 0.6) is 0 Å². The van der Waals surface area contributed by atoms with Crippen LogP contribution in [0.25, 0.3) is 0 Å². The van der Waals surface area contributed by atoms with Crippen LogP contribution in [0.1, 0.15) is 13.3 Å². The van der Waals surface area contributed by atoms with Crippen molar-refractivity contribution < 1.29 is 22.7 Å². The Hall–Kier alpha value is -2.13. The molecule has 1 aromatic rings. The normalized spacial score (nSPS) is 22.0. The molecule has 2 aliphatic heterocycles. The van der Waals surface area contributed by atoms with Crippen LogP contribution in [-0.2, 0) is 19.4 Å². The third-order valence-electron chi connectivity index (χ3n) is 5.13. The van der Waals surface area contributed by atoms with Crippen molar-refractivity contribution in [3.05, 3.63) is 30.3 Å². The highest BCUT2D eigenvalue weighted by molar-refractivity contribution is 7.91. The summed E-state index contributed by atoms with van der Waals surface area (Å²) in [6.07, 6.45) is 0.134. The fourth-order valence-electron chi connectivity index (χ4n) is 3.70. The molecule has 2 heterocycles. The Kier molecular flexibility index (Phi) is 6.56. The largest absolute Gasteiger partial charge is 0.450 e. The Balaban J connectivity index is 1.65. The quantitative estimate of drug-likeness (QED) is 0.721. The number of benzene rings is 1. The predicted molar refractivity (Wildman–Crippen MR) is 106 cm³/mol. The third kappa shape index (κ3) is 5.02. The van der Waals surface area contributed by atoms with E-state index in [9.17, 15) is 18.0 Å². The second-order valence-electron chi connectivity index (χ2n) is 7.12. The van der Waals surface area contributed by atoms with E-state index in [4.69, 9.17) is 4.74 Å². The number of piperazine rings is 1. The van der Waals surface area contributed by atoms with Gasteiger partial charge in [-0.2, -0.15) is 0 Å². The molecular weight excluding hydrogens is 382 g/mol. The van der Waals surface area contributed by atoms with Gasteiger partial charge in [0.1, 0.15) is 0 Å². The van der Waals surface area contributed by atoms with Crippen molar-refractivity contribution in [2.45, 2.75) is 19.4 Å². The standard InChI is InChI=1S/C19H27N3O5S/c1-2-27-19(24)21-11-9-20(10-12-21)14-18(23)22(16-6-4-3-5-7-16)17-8-13-28(25,26)15-17/h3-7,17H,2,8-15H2,1H3/t17-/m1/s1. The lowest BCUT2D eigenvalue weighted by Gasteiger charge is -2.36. The van der Waals surface area contributed by atoms with Gasteiger partial charge in [-0.3, -0.25) is 9.69 Å². The van der Waals surface area contributed by atoms with Crippen molar-refractivity contribution in [2.75, 3.05) is 55.7 Å². The van der Waals surface area contributed by atoms with E-state index >= 15 is 0 Å². The number of anilines is 1. The van der Waals surface area contributed by atoms with E-state index in [2.05, 4.69) is 0 Å². The highest BCUT2D eigenvalue weighted by Crippen LogP contribution is 2.25. The predicted octanol–water partition coefficient (Wildman–Crippen LogP) is 0.981.